The zero-order chi connectivity index (χ0) is 14.2. The third-order valence-electron chi connectivity index (χ3n) is 3.64. The van der Waals surface area contributed by atoms with Crippen LogP contribution in [0.15, 0.2) is 52.9 Å². The maximum absolute atomic E-state index is 11.7. The van der Waals surface area contributed by atoms with E-state index in [-0.39, 0.29) is 11.8 Å². The number of carbonyl (C=O) groups is 1. The molecule has 4 rings (SSSR count). The molecule has 1 aliphatic carbocycles. The van der Waals surface area contributed by atoms with Crippen LogP contribution in [0.1, 0.15) is 12.8 Å². The van der Waals surface area contributed by atoms with Crippen LogP contribution in [-0.2, 0) is 4.79 Å². The minimum absolute atomic E-state index is 0.115. The SMILES string of the molecule is O=C(Nc1ccc(-c2nc3ccccc3o2)cc1)C1CC1. The maximum atomic E-state index is 11.7. The van der Waals surface area contributed by atoms with Crippen molar-refractivity contribution in [3.8, 4) is 11.5 Å². The summed E-state index contributed by atoms with van der Waals surface area (Å²) in [5.74, 6) is 0.919. The van der Waals surface area contributed by atoms with Crippen LogP contribution in [0.3, 0.4) is 0 Å². The zero-order valence-electron chi connectivity index (χ0n) is 11.4. The van der Waals surface area contributed by atoms with Gasteiger partial charge in [-0.1, -0.05) is 12.1 Å². The molecule has 1 amide bonds. The number of fused-ring (bicyclic) bond motifs is 1. The predicted molar refractivity (Wildman–Crippen MR) is 80.8 cm³/mol. The Morgan fingerprint density at radius 3 is 2.57 bits per heavy atom. The van der Waals surface area contributed by atoms with E-state index >= 15 is 0 Å². The third kappa shape index (κ3) is 2.40. The van der Waals surface area contributed by atoms with Gasteiger partial charge in [0.05, 0.1) is 0 Å². The fourth-order valence-corrected chi connectivity index (χ4v) is 2.28. The second-order valence-electron chi connectivity index (χ2n) is 5.33. The lowest BCUT2D eigenvalue weighted by Gasteiger charge is -2.04. The molecule has 0 aliphatic heterocycles. The van der Waals surface area contributed by atoms with Gasteiger partial charge in [-0.2, -0.15) is 0 Å². The standard InChI is InChI=1S/C17H14N2O2/c20-16(11-5-6-11)18-13-9-7-12(8-10-13)17-19-14-3-1-2-4-15(14)21-17/h1-4,7-11H,5-6H2,(H,18,20). The summed E-state index contributed by atoms with van der Waals surface area (Å²) in [7, 11) is 0. The van der Waals surface area contributed by atoms with E-state index in [9.17, 15) is 4.79 Å². The summed E-state index contributed by atoms with van der Waals surface area (Å²) < 4.78 is 5.72. The number of nitrogens with one attached hydrogen (secondary N) is 1. The maximum Gasteiger partial charge on any atom is 0.227 e. The lowest BCUT2D eigenvalue weighted by molar-refractivity contribution is -0.117. The Morgan fingerprint density at radius 2 is 1.86 bits per heavy atom. The molecule has 0 unspecified atom stereocenters. The number of aromatic nitrogens is 1. The Hall–Kier alpha value is -2.62. The van der Waals surface area contributed by atoms with Crippen molar-refractivity contribution in [1.82, 2.24) is 4.98 Å². The van der Waals surface area contributed by atoms with E-state index < -0.39 is 0 Å². The van der Waals surface area contributed by atoms with E-state index in [0.717, 1.165) is 35.2 Å². The van der Waals surface area contributed by atoms with Crippen LogP contribution < -0.4 is 5.32 Å². The van der Waals surface area contributed by atoms with Crippen LogP contribution in [0.4, 0.5) is 5.69 Å². The average molecular weight is 278 g/mol. The lowest BCUT2D eigenvalue weighted by Crippen LogP contribution is -2.12. The van der Waals surface area contributed by atoms with E-state index in [1.807, 2.05) is 48.5 Å². The summed E-state index contributed by atoms with van der Waals surface area (Å²) in [6.45, 7) is 0. The van der Waals surface area contributed by atoms with Gasteiger partial charge in [-0.15, -0.1) is 0 Å². The average Bonchev–Trinajstić information content (AvgIpc) is 3.27. The Kier molecular flexibility index (Phi) is 2.74. The van der Waals surface area contributed by atoms with Crippen LogP contribution in [0.5, 0.6) is 0 Å². The molecule has 1 aromatic heterocycles. The highest BCUT2D eigenvalue weighted by Gasteiger charge is 2.29. The van der Waals surface area contributed by atoms with Gasteiger partial charge < -0.3 is 9.73 Å². The fourth-order valence-electron chi connectivity index (χ4n) is 2.28. The Bertz CT molecular complexity index is 768. The van der Waals surface area contributed by atoms with Crippen LogP contribution in [-0.4, -0.2) is 10.9 Å². The number of hydrogen-bond donors (Lipinski definition) is 1. The van der Waals surface area contributed by atoms with Gasteiger partial charge in [-0.25, -0.2) is 4.98 Å². The van der Waals surface area contributed by atoms with Crippen molar-refractivity contribution >= 4 is 22.7 Å². The molecule has 4 nitrogen and oxygen atoms in total. The van der Waals surface area contributed by atoms with Crippen LogP contribution in [0, 0.1) is 5.92 Å². The minimum atomic E-state index is 0.115. The number of carbonyl (C=O) groups excluding carboxylic acids is 1. The molecule has 0 saturated heterocycles. The zero-order valence-corrected chi connectivity index (χ0v) is 11.4. The third-order valence-corrected chi connectivity index (χ3v) is 3.64. The highest BCUT2D eigenvalue weighted by Crippen LogP contribution is 2.30. The first-order chi connectivity index (χ1) is 10.3. The van der Waals surface area contributed by atoms with Crippen molar-refractivity contribution in [3.63, 3.8) is 0 Å². The first-order valence-electron chi connectivity index (χ1n) is 7.06. The second-order valence-corrected chi connectivity index (χ2v) is 5.33. The molecule has 0 bridgehead atoms. The van der Waals surface area contributed by atoms with Crippen LogP contribution in [0.2, 0.25) is 0 Å². The van der Waals surface area contributed by atoms with Gasteiger partial charge in [0.1, 0.15) is 5.52 Å². The molecule has 0 spiro atoms. The predicted octanol–water partition coefficient (Wildman–Crippen LogP) is 3.84. The Labute approximate surface area is 121 Å². The fraction of sp³-hybridized carbons (Fsp3) is 0.176. The molecule has 1 fully saturated rings. The van der Waals surface area contributed by atoms with E-state index in [0.29, 0.717) is 5.89 Å². The number of para-hydroxylation sites is 2. The van der Waals surface area contributed by atoms with Gasteiger partial charge in [0.25, 0.3) is 0 Å². The minimum Gasteiger partial charge on any atom is -0.436 e. The molecular weight excluding hydrogens is 264 g/mol. The molecule has 3 aromatic rings. The van der Waals surface area contributed by atoms with Gasteiger partial charge in [0.15, 0.2) is 5.58 Å². The summed E-state index contributed by atoms with van der Waals surface area (Å²) in [6.07, 6.45) is 2.01. The summed E-state index contributed by atoms with van der Waals surface area (Å²) in [6, 6.07) is 15.3. The van der Waals surface area contributed by atoms with Crippen molar-refractivity contribution in [1.29, 1.82) is 0 Å². The Morgan fingerprint density at radius 1 is 1.10 bits per heavy atom. The van der Waals surface area contributed by atoms with E-state index in [1.165, 1.54) is 0 Å². The smallest absolute Gasteiger partial charge is 0.227 e. The summed E-state index contributed by atoms with van der Waals surface area (Å²) in [5.41, 5.74) is 3.33. The van der Waals surface area contributed by atoms with Crippen molar-refractivity contribution in [2.75, 3.05) is 5.32 Å². The normalized spacial score (nSPS) is 14.3. The van der Waals surface area contributed by atoms with Gasteiger partial charge in [-0.05, 0) is 49.2 Å². The number of amides is 1. The van der Waals surface area contributed by atoms with Gasteiger partial charge in [0.2, 0.25) is 11.8 Å². The molecule has 2 aromatic carbocycles. The number of hydrogen-bond acceptors (Lipinski definition) is 3. The van der Waals surface area contributed by atoms with E-state index in [1.54, 1.807) is 0 Å². The summed E-state index contributed by atoms with van der Waals surface area (Å²) >= 11 is 0. The highest BCUT2D eigenvalue weighted by atomic mass is 16.3. The molecule has 0 atom stereocenters. The van der Waals surface area contributed by atoms with Crippen LogP contribution >= 0.6 is 0 Å². The number of oxazole rings is 1. The molecule has 4 heteroatoms. The summed E-state index contributed by atoms with van der Waals surface area (Å²) in [4.78, 5) is 16.2. The number of nitrogens with zero attached hydrogens (tertiary/aromatic N) is 1. The topological polar surface area (TPSA) is 55.1 Å². The van der Waals surface area contributed by atoms with E-state index in [2.05, 4.69) is 10.3 Å². The molecule has 21 heavy (non-hydrogen) atoms. The highest BCUT2D eigenvalue weighted by molar-refractivity contribution is 5.94. The van der Waals surface area contributed by atoms with Crippen molar-refractivity contribution in [2.24, 2.45) is 5.92 Å². The first-order valence-corrected chi connectivity index (χ1v) is 7.06. The molecule has 104 valence electrons. The van der Waals surface area contributed by atoms with Crippen molar-refractivity contribution in [3.05, 3.63) is 48.5 Å². The van der Waals surface area contributed by atoms with Crippen LogP contribution in [0.25, 0.3) is 22.6 Å². The van der Waals surface area contributed by atoms with Crippen molar-refractivity contribution in [2.45, 2.75) is 12.8 Å². The lowest BCUT2D eigenvalue weighted by atomic mass is 10.2. The van der Waals surface area contributed by atoms with Gasteiger partial charge >= 0.3 is 0 Å². The first kappa shape index (κ1) is 12.1. The molecule has 1 N–H and O–H groups in total. The molecule has 0 radical (unpaired) electrons. The summed E-state index contributed by atoms with van der Waals surface area (Å²) in [5, 5.41) is 2.92. The largest absolute Gasteiger partial charge is 0.436 e. The number of rotatable bonds is 3. The number of anilines is 1. The van der Waals surface area contributed by atoms with Gasteiger partial charge in [-0.3, -0.25) is 4.79 Å². The second kappa shape index (κ2) is 4.74. The van der Waals surface area contributed by atoms with E-state index in [4.69, 9.17) is 4.42 Å². The van der Waals surface area contributed by atoms with Crippen molar-refractivity contribution < 1.29 is 9.21 Å². The molecule has 1 aliphatic rings. The number of benzene rings is 2. The quantitative estimate of drug-likeness (QED) is 0.791. The molecular formula is C17H14N2O2. The Balaban J connectivity index is 1.58. The molecule has 1 heterocycles. The monoisotopic (exact) mass is 278 g/mol. The molecule has 1 saturated carbocycles. The van der Waals surface area contributed by atoms with Gasteiger partial charge in [0, 0.05) is 17.2 Å².